The highest BCUT2D eigenvalue weighted by molar-refractivity contribution is 4.99. The Kier molecular flexibility index (Phi) is 2.10. The summed E-state index contributed by atoms with van der Waals surface area (Å²) in [5, 5.41) is 17.6. The van der Waals surface area contributed by atoms with Crippen molar-refractivity contribution in [1.29, 1.82) is 0 Å². The van der Waals surface area contributed by atoms with Crippen LogP contribution in [0.5, 0.6) is 0 Å². The molecule has 1 atom stereocenters. The summed E-state index contributed by atoms with van der Waals surface area (Å²) in [6, 6.07) is 0. The van der Waals surface area contributed by atoms with Gasteiger partial charge in [-0.05, 0) is 31.6 Å². The molecular formula is C9H16O3. The van der Waals surface area contributed by atoms with Crippen LogP contribution in [0.1, 0.15) is 32.1 Å². The summed E-state index contributed by atoms with van der Waals surface area (Å²) in [6.07, 6.45) is 3.74. The van der Waals surface area contributed by atoms with E-state index in [4.69, 9.17) is 14.9 Å². The molecular weight excluding hydrogens is 156 g/mol. The molecule has 1 aliphatic heterocycles. The molecule has 2 rings (SSSR count). The second-order valence-corrected chi connectivity index (χ2v) is 4.11. The highest BCUT2D eigenvalue weighted by atomic mass is 16.5. The molecule has 2 aliphatic rings. The molecule has 0 aromatic carbocycles. The molecule has 1 aliphatic carbocycles. The largest absolute Gasteiger partial charge is 0.375 e. The third-order valence-corrected chi connectivity index (χ3v) is 2.95. The minimum Gasteiger partial charge on any atom is -0.375 e. The van der Waals surface area contributed by atoms with Crippen LogP contribution in [0.4, 0.5) is 0 Å². The van der Waals surface area contributed by atoms with Gasteiger partial charge in [0.15, 0.2) is 6.29 Å². The first kappa shape index (κ1) is 8.48. The Hall–Kier alpha value is -0.120. The summed E-state index contributed by atoms with van der Waals surface area (Å²) in [5.41, 5.74) is 0.164. The molecule has 1 saturated carbocycles. The van der Waals surface area contributed by atoms with Gasteiger partial charge in [0.05, 0.1) is 5.60 Å². The number of hydrogen-bond donors (Lipinski definition) is 2. The van der Waals surface area contributed by atoms with Gasteiger partial charge in [0.25, 0.3) is 0 Å². The third kappa shape index (κ3) is 1.79. The first-order chi connectivity index (χ1) is 5.70. The maximum atomic E-state index is 8.81. The Labute approximate surface area is 72.3 Å². The molecule has 1 spiro atoms. The fourth-order valence-electron chi connectivity index (χ4n) is 2.12. The minimum atomic E-state index is -1.14. The Bertz CT molecular complexity index is 163. The van der Waals surface area contributed by atoms with Crippen LogP contribution < -0.4 is 0 Å². The fourth-order valence-corrected chi connectivity index (χ4v) is 2.12. The molecule has 2 fully saturated rings. The zero-order valence-corrected chi connectivity index (χ0v) is 7.20. The molecule has 1 unspecified atom stereocenters. The van der Waals surface area contributed by atoms with E-state index in [0.717, 1.165) is 19.4 Å². The van der Waals surface area contributed by atoms with Crippen LogP contribution in [0.15, 0.2) is 0 Å². The second kappa shape index (κ2) is 2.98. The number of rotatable bonds is 2. The molecule has 3 nitrogen and oxygen atoms in total. The molecule has 3 heteroatoms. The highest BCUT2D eigenvalue weighted by Crippen LogP contribution is 2.48. The van der Waals surface area contributed by atoms with Gasteiger partial charge in [-0.25, -0.2) is 0 Å². The third-order valence-electron chi connectivity index (χ3n) is 2.95. The Morgan fingerprint density at radius 1 is 1.42 bits per heavy atom. The normalized spacial score (nSPS) is 32.8. The van der Waals surface area contributed by atoms with E-state index in [0.29, 0.717) is 12.3 Å². The van der Waals surface area contributed by atoms with E-state index in [1.165, 1.54) is 12.8 Å². The standard InChI is InChI=1S/C9H16O3/c10-8(11)5-7-1-4-12-9(6-7)2-3-9/h7-8,10-11H,1-6H2. The van der Waals surface area contributed by atoms with Crippen LogP contribution in [0.2, 0.25) is 0 Å². The van der Waals surface area contributed by atoms with Crippen LogP contribution in [-0.4, -0.2) is 28.7 Å². The average molecular weight is 172 g/mol. The molecule has 0 radical (unpaired) electrons. The maximum absolute atomic E-state index is 8.81. The van der Waals surface area contributed by atoms with Crippen LogP contribution in [-0.2, 0) is 4.74 Å². The van der Waals surface area contributed by atoms with Gasteiger partial charge >= 0.3 is 0 Å². The second-order valence-electron chi connectivity index (χ2n) is 4.11. The van der Waals surface area contributed by atoms with Crippen LogP contribution in [0.3, 0.4) is 0 Å². The Morgan fingerprint density at radius 2 is 2.17 bits per heavy atom. The smallest absolute Gasteiger partial charge is 0.151 e. The first-order valence-electron chi connectivity index (χ1n) is 4.70. The average Bonchev–Trinajstić information content (AvgIpc) is 2.68. The van der Waals surface area contributed by atoms with Gasteiger partial charge < -0.3 is 14.9 Å². The molecule has 0 bridgehead atoms. The van der Waals surface area contributed by atoms with Crippen LogP contribution >= 0.6 is 0 Å². The molecule has 70 valence electrons. The van der Waals surface area contributed by atoms with E-state index in [1.54, 1.807) is 0 Å². The highest BCUT2D eigenvalue weighted by Gasteiger charge is 2.47. The topological polar surface area (TPSA) is 49.7 Å². The van der Waals surface area contributed by atoms with Crippen molar-refractivity contribution in [3.05, 3.63) is 0 Å². The molecule has 12 heavy (non-hydrogen) atoms. The summed E-state index contributed by atoms with van der Waals surface area (Å²) in [4.78, 5) is 0. The molecule has 2 N–H and O–H groups in total. The van der Waals surface area contributed by atoms with Crippen molar-refractivity contribution in [2.45, 2.75) is 44.0 Å². The monoisotopic (exact) mass is 172 g/mol. The van der Waals surface area contributed by atoms with Crippen molar-refractivity contribution in [1.82, 2.24) is 0 Å². The zero-order valence-electron chi connectivity index (χ0n) is 7.20. The molecule has 0 aromatic heterocycles. The van der Waals surface area contributed by atoms with Gasteiger partial charge in [-0.3, -0.25) is 0 Å². The number of ether oxygens (including phenoxy) is 1. The maximum Gasteiger partial charge on any atom is 0.151 e. The van der Waals surface area contributed by atoms with Crippen LogP contribution in [0, 0.1) is 5.92 Å². The van der Waals surface area contributed by atoms with Crippen LogP contribution in [0.25, 0.3) is 0 Å². The number of aliphatic hydroxyl groups is 2. The first-order valence-corrected chi connectivity index (χ1v) is 4.70. The van der Waals surface area contributed by atoms with Gasteiger partial charge in [-0.2, -0.15) is 0 Å². The molecule has 0 amide bonds. The lowest BCUT2D eigenvalue weighted by molar-refractivity contribution is -0.0843. The zero-order chi connectivity index (χ0) is 8.60. The van der Waals surface area contributed by atoms with Gasteiger partial charge in [0.1, 0.15) is 0 Å². The predicted octanol–water partition coefficient (Wildman–Crippen LogP) is 0.646. The quantitative estimate of drug-likeness (QED) is 0.601. The van der Waals surface area contributed by atoms with Crippen molar-refractivity contribution in [3.8, 4) is 0 Å². The van der Waals surface area contributed by atoms with E-state index in [1.807, 2.05) is 0 Å². The number of aliphatic hydroxyl groups excluding tert-OH is 1. The van der Waals surface area contributed by atoms with Crippen molar-refractivity contribution >= 4 is 0 Å². The molecule has 1 saturated heterocycles. The summed E-state index contributed by atoms with van der Waals surface area (Å²) < 4.78 is 5.62. The lowest BCUT2D eigenvalue weighted by Gasteiger charge is -2.29. The molecule has 0 aromatic rings. The summed E-state index contributed by atoms with van der Waals surface area (Å²) in [7, 11) is 0. The van der Waals surface area contributed by atoms with Gasteiger partial charge in [0.2, 0.25) is 0 Å². The van der Waals surface area contributed by atoms with Crippen molar-refractivity contribution in [2.75, 3.05) is 6.61 Å². The summed E-state index contributed by atoms with van der Waals surface area (Å²) >= 11 is 0. The predicted molar refractivity (Wildman–Crippen MR) is 43.5 cm³/mol. The van der Waals surface area contributed by atoms with Gasteiger partial charge in [-0.1, -0.05) is 0 Å². The lowest BCUT2D eigenvalue weighted by atomic mass is 9.91. The Balaban J connectivity index is 1.83. The van der Waals surface area contributed by atoms with Gasteiger partial charge in [0, 0.05) is 13.0 Å². The van der Waals surface area contributed by atoms with Crippen molar-refractivity contribution < 1.29 is 14.9 Å². The fraction of sp³-hybridized carbons (Fsp3) is 1.00. The number of hydrogen-bond acceptors (Lipinski definition) is 3. The van der Waals surface area contributed by atoms with E-state index in [2.05, 4.69) is 0 Å². The van der Waals surface area contributed by atoms with E-state index >= 15 is 0 Å². The van der Waals surface area contributed by atoms with E-state index < -0.39 is 6.29 Å². The van der Waals surface area contributed by atoms with Crippen molar-refractivity contribution in [2.24, 2.45) is 5.92 Å². The van der Waals surface area contributed by atoms with Crippen molar-refractivity contribution in [3.63, 3.8) is 0 Å². The van der Waals surface area contributed by atoms with E-state index in [9.17, 15) is 0 Å². The molecule has 1 heterocycles. The SMILES string of the molecule is OC(O)CC1CCOC2(CC2)C1. The summed E-state index contributed by atoms with van der Waals surface area (Å²) in [5.74, 6) is 0.459. The lowest BCUT2D eigenvalue weighted by Crippen LogP contribution is -2.29. The minimum absolute atomic E-state index is 0.164. The van der Waals surface area contributed by atoms with Gasteiger partial charge in [-0.15, -0.1) is 0 Å². The Morgan fingerprint density at radius 3 is 2.75 bits per heavy atom. The van der Waals surface area contributed by atoms with E-state index in [-0.39, 0.29) is 5.60 Å². The summed E-state index contributed by atoms with van der Waals surface area (Å²) in [6.45, 7) is 0.803.